The van der Waals surface area contributed by atoms with Crippen LogP contribution in [0, 0.1) is 6.92 Å². The van der Waals surface area contributed by atoms with Gasteiger partial charge in [0.05, 0.1) is 22.9 Å². The van der Waals surface area contributed by atoms with E-state index in [1.807, 2.05) is 13.1 Å². The minimum absolute atomic E-state index is 0.121. The van der Waals surface area contributed by atoms with Crippen LogP contribution in [0.3, 0.4) is 0 Å². The third-order valence-electron chi connectivity index (χ3n) is 3.93. The molecule has 10 heteroatoms. The standard InChI is InChI=1S/C16H17BrF2N6O/c1-4-24-7-11(17)12(22-24)8-23(3)16(26)10-6-20-25-13(14(18)19)5-9(2)21-15(10)25/h5-7,14H,4,8H2,1-3H3. The van der Waals surface area contributed by atoms with Crippen LogP contribution in [0.15, 0.2) is 22.9 Å². The zero-order valence-corrected chi connectivity index (χ0v) is 16.0. The van der Waals surface area contributed by atoms with Crippen molar-refractivity contribution in [1.29, 1.82) is 0 Å². The maximum atomic E-state index is 13.2. The average molecular weight is 427 g/mol. The molecule has 0 spiro atoms. The van der Waals surface area contributed by atoms with E-state index in [0.29, 0.717) is 17.9 Å². The van der Waals surface area contributed by atoms with Crippen LogP contribution in [0.25, 0.3) is 5.65 Å². The minimum atomic E-state index is -2.71. The van der Waals surface area contributed by atoms with Gasteiger partial charge in [0.1, 0.15) is 11.3 Å². The second kappa shape index (κ2) is 7.10. The maximum Gasteiger partial charge on any atom is 0.280 e. The molecule has 7 nitrogen and oxygen atoms in total. The zero-order chi connectivity index (χ0) is 19.0. The summed E-state index contributed by atoms with van der Waals surface area (Å²) in [6.45, 7) is 4.54. The van der Waals surface area contributed by atoms with E-state index in [1.54, 1.807) is 18.7 Å². The fraction of sp³-hybridized carbons (Fsp3) is 0.375. The molecule has 0 unspecified atom stereocenters. The molecule has 3 aromatic heterocycles. The number of aromatic nitrogens is 5. The van der Waals surface area contributed by atoms with Gasteiger partial charge in [0.15, 0.2) is 5.65 Å². The molecule has 26 heavy (non-hydrogen) atoms. The topological polar surface area (TPSA) is 68.3 Å². The first-order valence-corrected chi connectivity index (χ1v) is 8.71. The molecule has 1 amide bonds. The Morgan fingerprint density at radius 1 is 1.42 bits per heavy atom. The lowest BCUT2D eigenvalue weighted by Crippen LogP contribution is -2.26. The van der Waals surface area contributed by atoms with E-state index in [9.17, 15) is 13.6 Å². The Bertz CT molecular complexity index is 967. The Hall–Kier alpha value is -2.36. The van der Waals surface area contributed by atoms with Crippen molar-refractivity contribution in [2.75, 3.05) is 7.05 Å². The van der Waals surface area contributed by atoms with Gasteiger partial charge in [-0.15, -0.1) is 0 Å². The molecule has 0 radical (unpaired) electrons. The first kappa shape index (κ1) is 18.4. The highest BCUT2D eigenvalue weighted by Crippen LogP contribution is 2.23. The summed E-state index contributed by atoms with van der Waals surface area (Å²) in [5.74, 6) is -0.365. The predicted molar refractivity (Wildman–Crippen MR) is 94.1 cm³/mol. The number of fused-ring (bicyclic) bond motifs is 1. The Balaban J connectivity index is 1.93. The minimum Gasteiger partial charge on any atom is -0.336 e. The van der Waals surface area contributed by atoms with Crippen LogP contribution in [0.4, 0.5) is 8.78 Å². The number of halogens is 3. The molecular formula is C16H17BrF2N6O. The molecule has 3 heterocycles. The molecular weight excluding hydrogens is 410 g/mol. The number of hydrogen-bond acceptors (Lipinski definition) is 4. The lowest BCUT2D eigenvalue weighted by molar-refractivity contribution is 0.0784. The van der Waals surface area contributed by atoms with Crippen molar-refractivity contribution in [1.82, 2.24) is 29.3 Å². The number of aryl methyl sites for hydroxylation is 2. The number of amides is 1. The number of nitrogens with zero attached hydrogens (tertiary/aromatic N) is 6. The predicted octanol–water partition coefficient (Wildman–Crippen LogP) is 3.23. The highest BCUT2D eigenvalue weighted by molar-refractivity contribution is 9.10. The Morgan fingerprint density at radius 3 is 2.77 bits per heavy atom. The van der Waals surface area contributed by atoms with E-state index in [-0.39, 0.29) is 29.4 Å². The first-order chi connectivity index (χ1) is 12.3. The lowest BCUT2D eigenvalue weighted by Gasteiger charge is -2.15. The van der Waals surface area contributed by atoms with Crippen LogP contribution in [0.5, 0.6) is 0 Å². The van der Waals surface area contributed by atoms with Crippen LogP contribution in [-0.2, 0) is 13.1 Å². The van der Waals surface area contributed by atoms with E-state index in [2.05, 4.69) is 31.1 Å². The number of alkyl halides is 2. The highest BCUT2D eigenvalue weighted by Gasteiger charge is 2.23. The molecule has 0 aliphatic carbocycles. The van der Waals surface area contributed by atoms with Gasteiger partial charge in [-0.1, -0.05) is 0 Å². The summed E-state index contributed by atoms with van der Waals surface area (Å²) in [6.07, 6.45) is 0.392. The molecule has 0 saturated carbocycles. The second-order valence-corrected chi connectivity index (χ2v) is 6.71. The SMILES string of the molecule is CCn1cc(Br)c(CN(C)C(=O)c2cnn3c(C(F)F)cc(C)nc23)n1. The van der Waals surface area contributed by atoms with Gasteiger partial charge in [0.2, 0.25) is 0 Å². The van der Waals surface area contributed by atoms with Crippen LogP contribution in [0.2, 0.25) is 0 Å². The summed E-state index contributed by atoms with van der Waals surface area (Å²) in [6, 6.07) is 1.26. The molecule has 138 valence electrons. The first-order valence-electron chi connectivity index (χ1n) is 7.92. The van der Waals surface area contributed by atoms with E-state index in [4.69, 9.17) is 0 Å². The van der Waals surface area contributed by atoms with Crippen LogP contribution < -0.4 is 0 Å². The molecule has 0 atom stereocenters. The smallest absolute Gasteiger partial charge is 0.280 e. The summed E-state index contributed by atoms with van der Waals surface area (Å²) in [5, 5.41) is 8.31. The molecule has 0 N–H and O–H groups in total. The number of hydrogen-bond donors (Lipinski definition) is 0. The monoisotopic (exact) mass is 426 g/mol. The average Bonchev–Trinajstić information content (AvgIpc) is 3.16. The normalized spacial score (nSPS) is 11.5. The van der Waals surface area contributed by atoms with Crippen molar-refractivity contribution >= 4 is 27.5 Å². The van der Waals surface area contributed by atoms with Crippen LogP contribution >= 0.6 is 15.9 Å². The van der Waals surface area contributed by atoms with Gasteiger partial charge in [0, 0.05) is 25.5 Å². The van der Waals surface area contributed by atoms with Gasteiger partial charge in [-0.05, 0) is 35.8 Å². The Kier molecular flexibility index (Phi) is 5.03. The molecule has 3 aromatic rings. The van der Waals surface area contributed by atoms with E-state index >= 15 is 0 Å². The molecule has 3 rings (SSSR count). The molecule has 0 aromatic carbocycles. The molecule has 0 aliphatic rings. The fourth-order valence-corrected chi connectivity index (χ4v) is 3.07. The fourth-order valence-electron chi connectivity index (χ4n) is 2.63. The summed E-state index contributed by atoms with van der Waals surface area (Å²) >= 11 is 3.43. The van der Waals surface area contributed by atoms with Gasteiger partial charge in [-0.2, -0.15) is 10.2 Å². The van der Waals surface area contributed by atoms with Crippen LogP contribution in [0.1, 0.15) is 40.8 Å². The van der Waals surface area contributed by atoms with Crippen molar-refractivity contribution < 1.29 is 13.6 Å². The summed E-state index contributed by atoms with van der Waals surface area (Å²) in [5.41, 5.74) is 1.10. The summed E-state index contributed by atoms with van der Waals surface area (Å²) in [7, 11) is 1.62. The molecule has 0 bridgehead atoms. The molecule has 0 saturated heterocycles. The van der Waals surface area contributed by atoms with E-state index < -0.39 is 6.43 Å². The highest BCUT2D eigenvalue weighted by atomic mass is 79.9. The second-order valence-electron chi connectivity index (χ2n) is 5.86. The zero-order valence-electron chi connectivity index (χ0n) is 14.4. The van der Waals surface area contributed by atoms with Gasteiger partial charge >= 0.3 is 0 Å². The maximum absolute atomic E-state index is 13.2. The van der Waals surface area contributed by atoms with Crippen LogP contribution in [-0.4, -0.2) is 42.2 Å². The van der Waals surface area contributed by atoms with Gasteiger partial charge < -0.3 is 4.90 Å². The van der Waals surface area contributed by atoms with Crippen molar-refractivity contribution in [2.24, 2.45) is 0 Å². The molecule has 0 fully saturated rings. The van der Waals surface area contributed by atoms with Crippen molar-refractivity contribution in [3.05, 3.63) is 45.6 Å². The number of carbonyl (C=O) groups excluding carboxylic acids is 1. The Morgan fingerprint density at radius 2 is 2.15 bits per heavy atom. The van der Waals surface area contributed by atoms with Gasteiger partial charge in [-0.3, -0.25) is 9.48 Å². The lowest BCUT2D eigenvalue weighted by atomic mass is 10.2. The quantitative estimate of drug-likeness (QED) is 0.627. The third-order valence-corrected chi connectivity index (χ3v) is 4.59. The number of rotatable bonds is 5. The van der Waals surface area contributed by atoms with Crippen molar-refractivity contribution in [3.8, 4) is 0 Å². The summed E-state index contributed by atoms with van der Waals surface area (Å²) < 4.78 is 30.0. The largest absolute Gasteiger partial charge is 0.336 e. The number of carbonyl (C=O) groups is 1. The molecule has 0 aliphatic heterocycles. The van der Waals surface area contributed by atoms with Crippen molar-refractivity contribution in [3.63, 3.8) is 0 Å². The van der Waals surface area contributed by atoms with Gasteiger partial charge in [0.25, 0.3) is 12.3 Å². The van der Waals surface area contributed by atoms with Gasteiger partial charge in [-0.25, -0.2) is 18.3 Å². The van der Waals surface area contributed by atoms with E-state index in [0.717, 1.165) is 8.99 Å². The van der Waals surface area contributed by atoms with E-state index in [1.165, 1.54) is 17.2 Å². The van der Waals surface area contributed by atoms with Crippen molar-refractivity contribution in [2.45, 2.75) is 33.4 Å². The third kappa shape index (κ3) is 3.33. The summed E-state index contributed by atoms with van der Waals surface area (Å²) in [4.78, 5) is 18.5. The Labute approximate surface area is 156 Å².